The van der Waals surface area contributed by atoms with Crippen molar-refractivity contribution in [1.29, 1.82) is 0 Å². The third kappa shape index (κ3) is 2.05. The van der Waals surface area contributed by atoms with Gasteiger partial charge in [-0.1, -0.05) is 0 Å². The summed E-state index contributed by atoms with van der Waals surface area (Å²) in [5.74, 6) is 0. The Morgan fingerprint density at radius 2 is 1.85 bits per heavy atom. The van der Waals surface area contributed by atoms with E-state index in [9.17, 15) is 0 Å². The molecule has 2 fully saturated rings. The van der Waals surface area contributed by atoms with Crippen molar-refractivity contribution in [3.05, 3.63) is 0 Å². The molecular weight excluding hydrogens is 160 g/mol. The van der Waals surface area contributed by atoms with Crippen molar-refractivity contribution in [2.24, 2.45) is 0 Å². The first kappa shape index (κ1) is 9.47. The van der Waals surface area contributed by atoms with E-state index in [1.54, 1.807) is 0 Å². The first-order chi connectivity index (χ1) is 6.27. The van der Waals surface area contributed by atoms with E-state index in [0.717, 1.165) is 12.1 Å². The third-order valence-electron chi connectivity index (χ3n) is 3.57. The van der Waals surface area contributed by atoms with Gasteiger partial charge in [0.2, 0.25) is 0 Å². The zero-order chi connectivity index (χ0) is 9.26. The molecule has 0 amide bonds. The molecule has 0 radical (unpaired) electrons. The van der Waals surface area contributed by atoms with Crippen molar-refractivity contribution in [2.45, 2.75) is 45.2 Å². The van der Waals surface area contributed by atoms with Crippen molar-refractivity contribution < 1.29 is 0 Å². The van der Waals surface area contributed by atoms with Gasteiger partial charge in [-0.25, -0.2) is 0 Å². The molecule has 0 aliphatic carbocycles. The van der Waals surface area contributed by atoms with Crippen LogP contribution in [0.5, 0.6) is 0 Å². The van der Waals surface area contributed by atoms with E-state index in [4.69, 9.17) is 0 Å². The molecule has 2 heterocycles. The lowest BCUT2D eigenvalue weighted by Crippen LogP contribution is -2.39. The van der Waals surface area contributed by atoms with Gasteiger partial charge in [-0.3, -0.25) is 9.80 Å². The van der Waals surface area contributed by atoms with Crippen LogP contribution in [0.15, 0.2) is 0 Å². The van der Waals surface area contributed by atoms with Crippen LogP contribution in [0.2, 0.25) is 0 Å². The second-order valence-corrected chi connectivity index (χ2v) is 4.77. The zero-order valence-electron chi connectivity index (χ0n) is 9.00. The molecule has 2 aliphatic heterocycles. The van der Waals surface area contributed by atoms with Gasteiger partial charge >= 0.3 is 0 Å². The minimum atomic E-state index is 0.737. The molecule has 76 valence electrons. The molecule has 2 rings (SSSR count). The van der Waals surface area contributed by atoms with Crippen LogP contribution in [-0.4, -0.2) is 48.1 Å². The van der Waals surface area contributed by atoms with Gasteiger partial charge in [0, 0.05) is 18.6 Å². The molecule has 0 aromatic rings. The lowest BCUT2D eigenvalue weighted by molar-refractivity contribution is 0.190. The van der Waals surface area contributed by atoms with Gasteiger partial charge in [0.1, 0.15) is 0 Å². The molecular formula is C11H22N2. The van der Waals surface area contributed by atoms with E-state index in [0.29, 0.717) is 0 Å². The Morgan fingerprint density at radius 1 is 1.08 bits per heavy atom. The Bertz CT molecular complexity index is 167. The molecule has 2 nitrogen and oxygen atoms in total. The Labute approximate surface area is 81.9 Å². The number of nitrogens with zero attached hydrogens (tertiary/aromatic N) is 2. The summed E-state index contributed by atoms with van der Waals surface area (Å²) in [6.07, 6.45) is 4.23. The molecule has 13 heavy (non-hydrogen) atoms. The number of hydrogen-bond donors (Lipinski definition) is 0. The predicted octanol–water partition coefficient (Wildman–Crippen LogP) is 1.56. The summed E-state index contributed by atoms with van der Waals surface area (Å²) in [7, 11) is 0. The normalized spacial score (nSPS) is 32.1. The highest BCUT2D eigenvalue weighted by atomic mass is 15.3. The Morgan fingerprint density at radius 3 is 2.62 bits per heavy atom. The largest absolute Gasteiger partial charge is 0.299 e. The third-order valence-corrected chi connectivity index (χ3v) is 3.57. The minimum absolute atomic E-state index is 0.737. The van der Waals surface area contributed by atoms with E-state index in [-0.39, 0.29) is 0 Å². The second kappa shape index (κ2) is 3.97. The van der Waals surface area contributed by atoms with Crippen LogP contribution in [0.3, 0.4) is 0 Å². The summed E-state index contributed by atoms with van der Waals surface area (Å²) in [5, 5.41) is 0. The molecule has 0 aromatic carbocycles. The lowest BCUT2D eigenvalue weighted by atomic mass is 10.2. The second-order valence-electron chi connectivity index (χ2n) is 4.77. The molecule has 2 heteroatoms. The molecule has 0 aromatic heterocycles. The molecule has 2 aliphatic rings. The van der Waals surface area contributed by atoms with Crippen LogP contribution >= 0.6 is 0 Å². The maximum atomic E-state index is 2.70. The average molecular weight is 182 g/mol. The van der Waals surface area contributed by atoms with E-state index in [1.165, 1.54) is 45.4 Å². The topological polar surface area (TPSA) is 6.48 Å². The summed E-state index contributed by atoms with van der Waals surface area (Å²) in [6, 6.07) is 1.62. The van der Waals surface area contributed by atoms with Crippen LogP contribution < -0.4 is 0 Å². The fraction of sp³-hybridized carbons (Fsp3) is 1.00. The van der Waals surface area contributed by atoms with Crippen LogP contribution in [0.1, 0.15) is 33.1 Å². The van der Waals surface area contributed by atoms with Crippen molar-refractivity contribution >= 4 is 0 Å². The van der Waals surface area contributed by atoms with Crippen LogP contribution in [0, 0.1) is 0 Å². The maximum Gasteiger partial charge on any atom is 0.0223 e. The molecule has 2 saturated heterocycles. The highest BCUT2D eigenvalue weighted by molar-refractivity contribution is 4.85. The van der Waals surface area contributed by atoms with Gasteiger partial charge in [0.25, 0.3) is 0 Å². The number of hydrogen-bond acceptors (Lipinski definition) is 2. The standard InChI is InChI=1S/C11H22N2/c1-10(2)13-8-4-7-12-6-3-5-11(12)9-13/h10-11H,3-9H2,1-2H3/t11-/m0/s1. The quantitative estimate of drug-likeness (QED) is 0.607. The molecule has 0 bridgehead atoms. The van der Waals surface area contributed by atoms with Gasteiger partial charge in [-0.2, -0.15) is 0 Å². The first-order valence-corrected chi connectivity index (χ1v) is 5.75. The van der Waals surface area contributed by atoms with Gasteiger partial charge in [0.15, 0.2) is 0 Å². The molecule has 1 atom stereocenters. The van der Waals surface area contributed by atoms with Crippen molar-refractivity contribution in [3.63, 3.8) is 0 Å². The predicted molar refractivity (Wildman–Crippen MR) is 55.9 cm³/mol. The molecule has 0 saturated carbocycles. The molecule has 0 N–H and O–H groups in total. The number of rotatable bonds is 1. The SMILES string of the molecule is CC(C)N1CCCN2CCC[C@H]2C1. The van der Waals surface area contributed by atoms with E-state index < -0.39 is 0 Å². The monoisotopic (exact) mass is 182 g/mol. The first-order valence-electron chi connectivity index (χ1n) is 5.75. The molecule has 0 unspecified atom stereocenters. The smallest absolute Gasteiger partial charge is 0.0223 e. The van der Waals surface area contributed by atoms with Gasteiger partial charge in [0.05, 0.1) is 0 Å². The fourth-order valence-electron chi connectivity index (χ4n) is 2.70. The van der Waals surface area contributed by atoms with Gasteiger partial charge in [-0.15, -0.1) is 0 Å². The Kier molecular flexibility index (Phi) is 2.89. The summed E-state index contributed by atoms with van der Waals surface area (Å²) >= 11 is 0. The van der Waals surface area contributed by atoms with Crippen LogP contribution in [-0.2, 0) is 0 Å². The van der Waals surface area contributed by atoms with E-state index in [2.05, 4.69) is 23.6 Å². The van der Waals surface area contributed by atoms with E-state index >= 15 is 0 Å². The Hall–Kier alpha value is -0.0800. The lowest BCUT2D eigenvalue weighted by Gasteiger charge is -2.28. The minimum Gasteiger partial charge on any atom is -0.299 e. The molecule has 0 spiro atoms. The fourth-order valence-corrected chi connectivity index (χ4v) is 2.70. The maximum absolute atomic E-state index is 2.70. The van der Waals surface area contributed by atoms with Gasteiger partial charge in [-0.05, 0) is 52.7 Å². The average Bonchev–Trinajstić information content (AvgIpc) is 2.42. The highest BCUT2D eigenvalue weighted by Crippen LogP contribution is 2.21. The summed E-state index contributed by atoms with van der Waals surface area (Å²) in [6.45, 7) is 9.97. The van der Waals surface area contributed by atoms with Crippen LogP contribution in [0.25, 0.3) is 0 Å². The highest BCUT2D eigenvalue weighted by Gasteiger charge is 2.29. The van der Waals surface area contributed by atoms with Gasteiger partial charge < -0.3 is 0 Å². The van der Waals surface area contributed by atoms with Crippen molar-refractivity contribution in [3.8, 4) is 0 Å². The van der Waals surface area contributed by atoms with Crippen molar-refractivity contribution in [2.75, 3.05) is 26.2 Å². The number of fused-ring (bicyclic) bond motifs is 1. The summed E-state index contributed by atoms with van der Waals surface area (Å²) < 4.78 is 0. The van der Waals surface area contributed by atoms with Crippen molar-refractivity contribution in [1.82, 2.24) is 9.80 Å². The zero-order valence-corrected chi connectivity index (χ0v) is 9.00. The summed E-state index contributed by atoms with van der Waals surface area (Å²) in [4.78, 5) is 5.35. The summed E-state index contributed by atoms with van der Waals surface area (Å²) in [5.41, 5.74) is 0. The van der Waals surface area contributed by atoms with Crippen LogP contribution in [0.4, 0.5) is 0 Å². The Balaban J connectivity index is 1.96. The van der Waals surface area contributed by atoms with E-state index in [1.807, 2.05) is 0 Å².